The van der Waals surface area contributed by atoms with Gasteiger partial charge < -0.3 is 14.6 Å². The second kappa shape index (κ2) is 9.99. The highest BCUT2D eigenvalue weighted by Gasteiger charge is 2.32. The van der Waals surface area contributed by atoms with Crippen LogP contribution in [0.25, 0.3) is 6.08 Å². The van der Waals surface area contributed by atoms with Crippen molar-refractivity contribution >= 4 is 40.6 Å². The Morgan fingerprint density at radius 3 is 2.58 bits per heavy atom. The van der Waals surface area contributed by atoms with Crippen LogP contribution in [0.2, 0.25) is 0 Å². The number of hydrogen-bond acceptors (Lipinski definition) is 6. The maximum absolute atomic E-state index is 12.9. The number of amidine groups is 1. The number of aromatic carboxylic acids is 1. The van der Waals surface area contributed by atoms with Crippen molar-refractivity contribution < 1.29 is 24.2 Å². The number of amides is 1. The number of thioether (sulfide) groups is 1. The summed E-state index contributed by atoms with van der Waals surface area (Å²) in [5.74, 6) is 0.0179. The van der Waals surface area contributed by atoms with Crippen LogP contribution < -0.4 is 9.47 Å². The summed E-state index contributed by atoms with van der Waals surface area (Å²) in [7, 11) is 1.56. The van der Waals surface area contributed by atoms with Gasteiger partial charge in [0, 0.05) is 6.54 Å². The molecular formula is C23H22N2O5S. The Hall–Kier alpha value is -3.52. The molecule has 0 bridgehead atoms. The highest BCUT2D eigenvalue weighted by atomic mass is 32.2. The summed E-state index contributed by atoms with van der Waals surface area (Å²) in [5, 5.41) is 9.57. The molecule has 0 spiro atoms. The first-order chi connectivity index (χ1) is 15.0. The maximum Gasteiger partial charge on any atom is 0.335 e. The number of aliphatic imine (C=N–C) groups is 1. The zero-order valence-electron chi connectivity index (χ0n) is 17.2. The van der Waals surface area contributed by atoms with Crippen molar-refractivity contribution in [2.24, 2.45) is 4.99 Å². The van der Waals surface area contributed by atoms with Gasteiger partial charge in [0.15, 0.2) is 16.7 Å². The Kier molecular flexibility index (Phi) is 7.15. The monoisotopic (exact) mass is 438 g/mol. The smallest absolute Gasteiger partial charge is 0.335 e. The van der Waals surface area contributed by atoms with E-state index < -0.39 is 5.97 Å². The molecule has 3 rings (SSSR count). The molecule has 0 atom stereocenters. The first-order valence-electron chi connectivity index (χ1n) is 9.52. The minimum atomic E-state index is -0.999. The van der Waals surface area contributed by atoms with Gasteiger partial charge in [-0.3, -0.25) is 9.69 Å². The van der Waals surface area contributed by atoms with Crippen LogP contribution >= 0.6 is 11.8 Å². The minimum Gasteiger partial charge on any atom is -0.493 e. The zero-order chi connectivity index (χ0) is 22.4. The summed E-state index contributed by atoms with van der Waals surface area (Å²) in [6.07, 6.45) is 3.43. The van der Waals surface area contributed by atoms with Crippen LogP contribution in [0.3, 0.4) is 0 Å². The van der Waals surface area contributed by atoms with E-state index in [0.717, 1.165) is 5.56 Å². The van der Waals surface area contributed by atoms with Gasteiger partial charge in [-0.2, -0.15) is 0 Å². The van der Waals surface area contributed by atoms with Gasteiger partial charge in [0.1, 0.15) is 6.61 Å². The Morgan fingerprint density at radius 2 is 1.97 bits per heavy atom. The topological polar surface area (TPSA) is 88.4 Å². The molecule has 1 aliphatic rings. The third-order valence-corrected chi connectivity index (χ3v) is 5.39. The lowest BCUT2D eigenvalue weighted by molar-refractivity contribution is -0.122. The van der Waals surface area contributed by atoms with E-state index >= 15 is 0 Å². The number of carboxylic acid groups (broad SMARTS) is 1. The average Bonchev–Trinajstić information content (AvgIpc) is 3.06. The van der Waals surface area contributed by atoms with E-state index in [1.54, 1.807) is 48.4 Å². The van der Waals surface area contributed by atoms with Crippen LogP contribution in [-0.4, -0.2) is 47.3 Å². The van der Waals surface area contributed by atoms with Crippen molar-refractivity contribution in [3.8, 4) is 11.5 Å². The van der Waals surface area contributed by atoms with E-state index in [1.165, 1.54) is 23.9 Å². The molecule has 2 aromatic carbocycles. The predicted molar refractivity (Wildman–Crippen MR) is 122 cm³/mol. The molecule has 1 N–H and O–H groups in total. The number of carbonyl (C=O) groups excluding carboxylic acids is 1. The van der Waals surface area contributed by atoms with Gasteiger partial charge in [-0.05, 0) is 66.7 Å². The molecule has 0 radical (unpaired) electrons. The predicted octanol–water partition coefficient (Wildman–Crippen LogP) is 4.58. The van der Waals surface area contributed by atoms with Gasteiger partial charge in [0.05, 0.1) is 23.3 Å². The van der Waals surface area contributed by atoms with Crippen molar-refractivity contribution in [1.82, 2.24) is 4.90 Å². The van der Waals surface area contributed by atoms with Gasteiger partial charge in [-0.1, -0.05) is 18.7 Å². The van der Waals surface area contributed by atoms with E-state index in [9.17, 15) is 9.59 Å². The number of rotatable bonds is 8. The molecule has 1 fully saturated rings. The fourth-order valence-electron chi connectivity index (χ4n) is 2.85. The number of benzene rings is 2. The van der Waals surface area contributed by atoms with Gasteiger partial charge in [-0.15, -0.1) is 0 Å². The summed E-state index contributed by atoms with van der Waals surface area (Å²) in [5.41, 5.74) is 1.55. The van der Waals surface area contributed by atoms with Gasteiger partial charge in [0.25, 0.3) is 5.91 Å². The molecule has 7 nitrogen and oxygen atoms in total. The van der Waals surface area contributed by atoms with Gasteiger partial charge in [-0.25, -0.2) is 9.79 Å². The van der Waals surface area contributed by atoms with Gasteiger partial charge >= 0.3 is 5.97 Å². The molecule has 31 heavy (non-hydrogen) atoms. The molecule has 0 aromatic heterocycles. The lowest BCUT2D eigenvalue weighted by Crippen LogP contribution is -2.28. The van der Waals surface area contributed by atoms with E-state index in [1.807, 2.05) is 13.0 Å². The second-order valence-corrected chi connectivity index (χ2v) is 7.43. The second-order valence-electron chi connectivity index (χ2n) is 6.42. The number of nitrogens with zero attached hydrogens (tertiary/aromatic N) is 2. The van der Waals surface area contributed by atoms with E-state index in [0.29, 0.717) is 40.4 Å². The van der Waals surface area contributed by atoms with E-state index in [2.05, 4.69) is 11.6 Å². The average molecular weight is 439 g/mol. The Labute approximate surface area is 184 Å². The summed E-state index contributed by atoms with van der Waals surface area (Å²) in [6.45, 7) is 6.34. The van der Waals surface area contributed by atoms with E-state index in [4.69, 9.17) is 14.6 Å². The Morgan fingerprint density at radius 1 is 1.23 bits per heavy atom. The molecule has 2 aromatic rings. The lowest BCUT2D eigenvalue weighted by atomic mass is 10.2. The van der Waals surface area contributed by atoms with Crippen LogP contribution in [0.5, 0.6) is 11.5 Å². The molecule has 160 valence electrons. The van der Waals surface area contributed by atoms with Crippen LogP contribution in [0.4, 0.5) is 5.69 Å². The molecule has 1 amide bonds. The highest BCUT2D eigenvalue weighted by molar-refractivity contribution is 8.18. The van der Waals surface area contributed by atoms with Crippen LogP contribution in [0.15, 0.2) is 65.0 Å². The molecule has 1 saturated heterocycles. The first kappa shape index (κ1) is 22.2. The minimum absolute atomic E-state index is 0.139. The lowest BCUT2D eigenvalue weighted by Gasteiger charge is -2.12. The van der Waals surface area contributed by atoms with Crippen LogP contribution in [0.1, 0.15) is 22.8 Å². The van der Waals surface area contributed by atoms with E-state index in [-0.39, 0.29) is 11.5 Å². The highest BCUT2D eigenvalue weighted by Crippen LogP contribution is 2.35. The number of likely N-dealkylation sites (N-methyl/N-ethyl adjacent to an activating group) is 1. The third kappa shape index (κ3) is 5.16. The van der Waals surface area contributed by atoms with Gasteiger partial charge in [0.2, 0.25) is 0 Å². The standard InChI is InChI=1S/C23H22N2O5S/c1-4-12-30-18-11-6-15(13-19(18)29-3)14-20-21(26)25(5-2)23(31-20)24-17-9-7-16(8-10-17)22(27)28/h4,6-11,13-14H,1,5,12H2,2-3H3,(H,27,28)/b20-14-,24-23?. The van der Waals surface area contributed by atoms with Crippen LogP contribution in [-0.2, 0) is 4.79 Å². The molecule has 0 unspecified atom stereocenters. The number of hydrogen-bond donors (Lipinski definition) is 1. The fraction of sp³-hybridized carbons (Fsp3) is 0.174. The Bertz CT molecular complexity index is 1060. The van der Waals surface area contributed by atoms with Crippen molar-refractivity contribution in [1.29, 1.82) is 0 Å². The largest absolute Gasteiger partial charge is 0.493 e. The molecule has 1 heterocycles. The molecule has 1 aliphatic heterocycles. The van der Waals surface area contributed by atoms with Crippen molar-refractivity contribution in [2.75, 3.05) is 20.3 Å². The zero-order valence-corrected chi connectivity index (χ0v) is 18.0. The fourth-order valence-corrected chi connectivity index (χ4v) is 3.91. The molecule has 0 aliphatic carbocycles. The van der Waals surface area contributed by atoms with Crippen molar-refractivity contribution in [3.05, 3.63) is 71.2 Å². The molecule has 0 saturated carbocycles. The number of carboxylic acids is 1. The Balaban J connectivity index is 1.87. The number of carbonyl (C=O) groups is 2. The number of methoxy groups -OCH3 is 1. The third-order valence-electron chi connectivity index (χ3n) is 4.39. The molecular weight excluding hydrogens is 416 g/mol. The maximum atomic E-state index is 12.9. The van der Waals surface area contributed by atoms with Crippen LogP contribution in [0, 0.1) is 0 Å². The summed E-state index contributed by atoms with van der Waals surface area (Å²) in [6, 6.07) is 11.6. The summed E-state index contributed by atoms with van der Waals surface area (Å²) >= 11 is 1.27. The summed E-state index contributed by atoms with van der Waals surface area (Å²) in [4.78, 5) is 30.5. The van der Waals surface area contributed by atoms with Crippen molar-refractivity contribution in [3.63, 3.8) is 0 Å². The SMILES string of the molecule is C=CCOc1ccc(/C=C2\SC(=Nc3ccc(C(=O)O)cc3)N(CC)C2=O)cc1OC. The summed E-state index contributed by atoms with van der Waals surface area (Å²) < 4.78 is 11.0. The first-order valence-corrected chi connectivity index (χ1v) is 10.3. The number of ether oxygens (including phenoxy) is 2. The normalized spacial score (nSPS) is 16.1. The van der Waals surface area contributed by atoms with Crippen molar-refractivity contribution in [2.45, 2.75) is 6.92 Å². The molecule has 8 heteroatoms. The quantitative estimate of drug-likeness (QED) is 0.479.